The number of likely N-dealkylation sites (tertiary alicyclic amines) is 1. The summed E-state index contributed by atoms with van der Waals surface area (Å²) in [6, 6.07) is 0.491. The molecule has 2 aliphatic heterocycles. The fourth-order valence-corrected chi connectivity index (χ4v) is 3.19. The van der Waals surface area contributed by atoms with Crippen molar-refractivity contribution in [2.45, 2.75) is 39.7 Å². The van der Waals surface area contributed by atoms with E-state index in [0.29, 0.717) is 19.1 Å². The standard InChI is InChI=1S/C15H27N3O3/c1-15(2,3)13(19)17-6-4-12(5-7-17)16-8-10-18(11-9-16)14(20)21/h12H,4-11H2,1-3H3,(H,20,21). The zero-order chi connectivity index (χ0) is 15.6. The summed E-state index contributed by atoms with van der Waals surface area (Å²) in [5.74, 6) is 0.233. The first-order chi connectivity index (χ1) is 9.79. The van der Waals surface area contributed by atoms with Crippen molar-refractivity contribution < 1.29 is 14.7 Å². The zero-order valence-corrected chi connectivity index (χ0v) is 13.3. The lowest BCUT2D eigenvalue weighted by molar-refractivity contribution is -0.141. The Balaban J connectivity index is 1.80. The molecule has 0 aromatic heterocycles. The average molecular weight is 297 g/mol. The fraction of sp³-hybridized carbons (Fsp3) is 0.867. The zero-order valence-electron chi connectivity index (χ0n) is 13.3. The number of nitrogens with zero attached hydrogens (tertiary/aromatic N) is 3. The highest BCUT2D eigenvalue weighted by atomic mass is 16.4. The van der Waals surface area contributed by atoms with E-state index in [9.17, 15) is 9.59 Å². The van der Waals surface area contributed by atoms with Crippen molar-refractivity contribution in [1.29, 1.82) is 0 Å². The Labute approximate surface area is 126 Å². The average Bonchev–Trinajstić information content (AvgIpc) is 2.46. The van der Waals surface area contributed by atoms with Gasteiger partial charge in [-0.25, -0.2) is 4.79 Å². The fourth-order valence-electron chi connectivity index (χ4n) is 3.19. The van der Waals surface area contributed by atoms with E-state index in [1.54, 1.807) is 0 Å². The molecule has 21 heavy (non-hydrogen) atoms. The Morgan fingerprint density at radius 1 is 0.905 bits per heavy atom. The van der Waals surface area contributed by atoms with E-state index in [2.05, 4.69) is 4.90 Å². The van der Waals surface area contributed by atoms with Crippen LogP contribution in [0.5, 0.6) is 0 Å². The summed E-state index contributed by atoms with van der Waals surface area (Å²) in [4.78, 5) is 29.0. The van der Waals surface area contributed by atoms with Gasteiger partial charge in [0, 0.05) is 50.7 Å². The summed E-state index contributed by atoms with van der Waals surface area (Å²) >= 11 is 0. The van der Waals surface area contributed by atoms with Crippen molar-refractivity contribution in [3.05, 3.63) is 0 Å². The van der Waals surface area contributed by atoms with E-state index in [-0.39, 0.29) is 11.3 Å². The molecule has 2 heterocycles. The molecule has 0 unspecified atom stereocenters. The third-order valence-electron chi connectivity index (χ3n) is 4.49. The topological polar surface area (TPSA) is 64.1 Å². The summed E-state index contributed by atoms with van der Waals surface area (Å²) in [5.41, 5.74) is -0.306. The Bertz CT molecular complexity index is 389. The second-order valence-corrected chi connectivity index (χ2v) is 7.08. The van der Waals surface area contributed by atoms with Crippen molar-refractivity contribution in [2.24, 2.45) is 5.41 Å². The number of carboxylic acid groups (broad SMARTS) is 1. The van der Waals surface area contributed by atoms with Gasteiger partial charge in [0.2, 0.25) is 5.91 Å². The molecule has 2 aliphatic rings. The molecule has 2 amide bonds. The maximum atomic E-state index is 12.3. The molecule has 2 rings (SSSR count). The summed E-state index contributed by atoms with van der Waals surface area (Å²) in [6.45, 7) is 10.3. The molecule has 0 saturated carbocycles. The predicted molar refractivity (Wildman–Crippen MR) is 80.2 cm³/mol. The highest BCUT2D eigenvalue weighted by Gasteiger charge is 2.33. The SMILES string of the molecule is CC(C)(C)C(=O)N1CCC(N2CCN(C(=O)O)CC2)CC1. The largest absolute Gasteiger partial charge is 0.465 e. The van der Waals surface area contributed by atoms with E-state index in [1.165, 1.54) is 4.90 Å². The minimum Gasteiger partial charge on any atom is -0.465 e. The van der Waals surface area contributed by atoms with Crippen molar-refractivity contribution >= 4 is 12.0 Å². The van der Waals surface area contributed by atoms with Crippen LogP contribution >= 0.6 is 0 Å². The van der Waals surface area contributed by atoms with Gasteiger partial charge in [0.05, 0.1) is 0 Å². The third-order valence-corrected chi connectivity index (χ3v) is 4.49. The van der Waals surface area contributed by atoms with Crippen molar-refractivity contribution in [3.63, 3.8) is 0 Å². The van der Waals surface area contributed by atoms with Gasteiger partial charge in [-0.3, -0.25) is 9.69 Å². The van der Waals surface area contributed by atoms with Crippen LogP contribution in [0.3, 0.4) is 0 Å². The van der Waals surface area contributed by atoms with Crippen LogP contribution in [0.25, 0.3) is 0 Å². The lowest BCUT2D eigenvalue weighted by atomic mass is 9.92. The lowest BCUT2D eigenvalue weighted by Gasteiger charge is -2.43. The molecule has 0 bridgehead atoms. The molecule has 0 atom stereocenters. The van der Waals surface area contributed by atoms with Gasteiger partial charge in [-0.15, -0.1) is 0 Å². The number of amides is 2. The van der Waals surface area contributed by atoms with Gasteiger partial charge >= 0.3 is 6.09 Å². The van der Waals surface area contributed by atoms with Crippen molar-refractivity contribution in [2.75, 3.05) is 39.3 Å². The third kappa shape index (κ3) is 3.87. The first-order valence-corrected chi connectivity index (χ1v) is 7.80. The molecular weight excluding hydrogens is 270 g/mol. The minimum absolute atomic E-state index is 0.233. The molecule has 2 fully saturated rings. The first kappa shape index (κ1) is 16.1. The molecule has 1 N–H and O–H groups in total. The van der Waals surface area contributed by atoms with Gasteiger partial charge in [-0.1, -0.05) is 20.8 Å². The van der Waals surface area contributed by atoms with Crippen LogP contribution in [-0.4, -0.2) is 77.1 Å². The first-order valence-electron chi connectivity index (χ1n) is 7.80. The van der Waals surface area contributed by atoms with Crippen LogP contribution in [0.2, 0.25) is 0 Å². The Morgan fingerprint density at radius 2 is 1.43 bits per heavy atom. The smallest absolute Gasteiger partial charge is 0.407 e. The van der Waals surface area contributed by atoms with E-state index in [0.717, 1.165) is 39.0 Å². The van der Waals surface area contributed by atoms with Gasteiger partial charge in [0.25, 0.3) is 0 Å². The highest BCUT2D eigenvalue weighted by molar-refractivity contribution is 5.81. The Kier molecular flexibility index (Phi) is 4.76. The normalized spacial score (nSPS) is 22.4. The highest BCUT2D eigenvalue weighted by Crippen LogP contribution is 2.23. The van der Waals surface area contributed by atoms with Crippen molar-refractivity contribution in [1.82, 2.24) is 14.7 Å². The second kappa shape index (κ2) is 6.22. The molecule has 0 aliphatic carbocycles. The van der Waals surface area contributed by atoms with Crippen molar-refractivity contribution in [3.8, 4) is 0 Å². The maximum Gasteiger partial charge on any atom is 0.407 e. The van der Waals surface area contributed by atoms with Gasteiger partial charge in [0.15, 0.2) is 0 Å². The number of hydrogen-bond donors (Lipinski definition) is 1. The summed E-state index contributed by atoms with van der Waals surface area (Å²) in [6.07, 6.45) is 1.17. The van der Waals surface area contributed by atoms with Crippen LogP contribution in [-0.2, 0) is 4.79 Å². The van der Waals surface area contributed by atoms with Gasteiger partial charge in [-0.05, 0) is 12.8 Å². The summed E-state index contributed by atoms with van der Waals surface area (Å²) in [7, 11) is 0. The Morgan fingerprint density at radius 3 is 1.86 bits per heavy atom. The Hall–Kier alpha value is -1.30. The molecule has 0 aromatic rings. The number of piperidine rings is 1. The number of carbonyl (C=O) groups excluding carboxylic acids is 1. The predicted octanol–water partition coefficient (Wildman–Crippen LogP) is 1.32. The van der Waals surface area contributed by atoms with E-state index in [4.69, 9.17) is 5.11 Å². The summed E-state index contributed by atoms with van der Waals surface area (Å²) in [5, 5.41) is 8.97. The monoisotopic (exact) mass is 297 g/mol. The number of hydrogen-bond acceptors (Lipinski definition) is 3. The van der Waals surface area contributed by atoms with Gasteiger partial charge in [0.1, 0.15) is 0 Å². The molecule has 0 aromatic carbocycles. The number of rotatable bonds is 1. The van der Waals surface area contributed by atoms with E-state index >= 15 is 0 Å². The number of carbonyl (C=O) groups is 2. The molecular formula is C15H27N3O3. The van der Waals surface area contributed by atoms with Gasteiger partial charge in [-0.2, -0.15) is 0 Å². The molecule has 2 saturated heterocycles. The molecule has 6 nitrogen and oxygen atoms in total. The van der Waals surface area contributed by atoms with Gasteiger partial charge < -0.3 is 14.9 Å². The van der Waals surface area contributed by atoms with Crippen LogP contribution < -0.4 is 0 Å². The van der Waals surface area contributed by atoms with Crippen LogP contribution in [0, 0.1) is 5.41 Å². The van der Waals surface area contributed by atoms with E-state index < -0.39 is 6.09 Å². The number of piperazine rings is 1. The lowest BCUT2D eigenvalue weighted by Crippen LogP contribution is -2.55. The summed E-state index contributed by atoms with van der Waals surface area (Å²) < 4.78 is 0. The molecule has 6 heteroatoms. The minimum atomic E-state index is -0.819. The van der Waals surface area contributed by atoms with Crippen LogP contribution in [0.1, 0.15) is 33.6 Å². The second-order valence-electron chi connectivity index (χ2n) is 7.08. The van der Waals surface area contributed by atoms with Crippen LogP contribution in [0.4, 0.5) is 4.79 Å². The molecule has 120 valence electrons. The quantitative estimate of drug-likeness (QED) is 0.793. The van der Waals surface area contributed by atoms with E-state index in [1.807, 2.05) is 25.7 Å². The van der Waals surface area contributed by atoms with Crippen LogP contribution in [0.15, 0.2) is 0 Å². The molecule has 0 radical (unpaired) electrons. The molecule has 0 spiro atoms. The maximum absolute atomic E-state index is 12.3.